The second-order valence-electron chi connectivity index (χ2n) is 9.44. The van der Waals surface area contributed by atoms with Crippen molar-refractivity contribution in [1.82, 2.24) is 20.1 Å². The van der Waals surface area contributed by atoms with Gasteiger partial charge in [-0.25, -0.2) is 9.97 Å². The topological polar surface area (TPSA) is 76.7 Å². The number of nitrogens with zero attached hydrogens (tertiary/aromatic N) is 4. The van der Waals surface area contributed by atoms with Crippen LogP contribution >= 0.6 is 0 Å². The maximum Gasteiger partial charge on any atom is 0.419 e. The molecule has 3 heterocycles. The van der Waals surface area contributed by atoms with Gasteiger partial charge in [0, 0.05) is 29.8 Å². The molecule has 0 amide bonds. The first-order chi connectivity index (χ1) is 17.3. The van der Waals surface area contributed by atoms with E-state index in [1.807, 2.05) is 6.92 Å². The van der Waals surface area contributed by atoms with E-state index in [1.165, 1.54) is 0 Å². The summed E-state index contributed by atoms with van der Waals surface area (Å²) < 4.78 is 59.8. The van der Waals surface area contributed by atoms with Gasteiger partial charge in [-0.3, -0.25) is 9.37 Å². The van der Waals surface area contributed by atoms with Crippen molar-refractivity contribution < 1.29 is 22.1 Å². The van der Waals surface area contributed by atoms with E-state index in [1.54, 1.807) is 25.1 Å². The number of aryl methyl sites for hydroxylation is 2. The van der Waals surface area contributed by atoms with E-state index in [2.05, 4.69) is 20.4 Å². The maximum absolute atomic E-state index is 14.0. The van der Waals surface area contributed by atoms with Crippen LogP contribution in [0, 0.1) is 19.8 Å². The van der Waals surface area contributed by atoms with Gasteiger partial charge in [0.2, 0.25) is 5.95 Å². The number of alkyl halides is 4. The Labute approximate surface area is 206 Å². The fourth-order valence-corrected chi connectivity index (χ4v) is 5.36. The standard InChI is InChI=1S/C26H27F4N5O/c1-14-23(15(2)36-35-14)22-11-8-17-18(9-10-21(17)32-22)24-19(26(28,29)30)13-31-25(34-24)33-20-7-3-5-16(20)6-4-12-27/h8-9,11,13,16,20H,3-7,10,12H2,1-2H3,(H,31,33,34)/t16-,20+/m1/s1. The molecule has 0 spiro atoms. The lowest BCUT2D eigenvalue weighted by Crippen LogP contribution is -2.26. The van der Waals surface area contributed by atoms with Gasteiger partial charge in [0.1, 0.15) is 11.3 Å². The third-order valence-electron chi connectivity index (χ3n) is 7.08. The van der Waals surface area contributed by atoms with Crippen molar-refractivity contribution in [1.29, 1.82) is 0 Å². The highest BCUT2D eigenvalue weighted by atomic mass is 19.4. The minimum absolute atomic E-state index is 0.0188. The Balaban J connectivity index is 1.48. The van der Waals surface area contributed by atoms with Crippen LogP contribution in [-0.2, 0) is 12.6 Å². The molecular formula is C26H27F4N5O. The smallest absolute Gasteiger partial charge is 0.361 e. The number of allylic oxidation sites excluding steroid dienone is 1. The Kier molecular flexibility index (Phi) is 6.53. The Hall–Kier alpha value is -3.30. The van der Waals surface area contributed by atoms with Gasteiger partial charge in [-0.05, 0) is 51.5 Å². The summed E-state index contributed by atoms with van der Waals surface area (Å²) in [6, 6.07) is 3.57. The van der Waals surface area contributed by atoms with Crippen molar-refractivity contribution in [3.8, 4) is 11.3 Å². The molecule has 0 radical (unpaired) electrons. The Bertz CT molecular complexity index is 1280. The molecule has 2 aliphatic carbocycles. The predicted molar refractivity (Wildman–Crippen MR) is 127 cm³/mol. The lowest BCUT2D eigenvalue weighted by molar-refractivity contribution is -0.138. The molecule has 2 aliphatic rings. The fraction of sp³-hybridized carbons (Fsp3) is 0.462. The van der Waals surface area contributed by atoms with Crippen LogP contribution in [0.25, 0.3) is 16.8 Å². The minimum atomic E-state index is -4.61. The first-order valence-corrected chi connectivity index (χ1v) is 12.2. The van der Waals surface area contributed by atoms with E-state index < -0.39 is 11.7 Å². The van der Waals surface area contributed by atoms with Crippen molar-refractivity contribution in [3.63, 3.8) is 0 Å². The average Bonchev–Trinajstić information content (AvgIpc) is 3.55. The number of fused-ring (bicyclic) bond motifs is 1. The zero-order valence-electron chi connectivity index (χ0n) is 20.1. The third-order valence-corrected chi connectivity index (χ3v) is 7.08. The van der Waals surface area contributed by atoms with Crippen LogP contribution in [0.3, 0.4) is 0 Å². The van der Waals surface area contributed by atoms with Gasteiger partial charge in [0.15, 0.2) is 0 Å². The summed E-state index contributed by atoms with van der Waals surface area (Å²) in [5.74, 6) is 1.05. The highest BCUT2D eigenvalue weighted by Crippen LogP contribution is 2.40. The van der Waals surface area contributed by atoms with E-state index in [4.69, 9.17) is 9.51 Å². The zero-order valence-corrected chi connectivity index (χ0v) is 20.1. The second-order valence-corrected chi connectivity index (χ2v) is 9.44. The highest BCUT2D eigenvalue weighted by Gasteiger charge is 2.38. The van der Waals surface area contributed by atoms with Crippen LogP contribution < -0.4 is 5.32 Å². The van der Waals surface area contributed by atoms with Gasteiger partial charge in [0.25, 0.3) is 0 Å². The van der Waals surface area contributed by atoms with Crippen molar-refractivity contribution in [2.45, 2.75) is 64.6 Å². The van der Waals surface area contributed by atoms with Gasteiger partial charge in [-0.1, -0.05) is 23.7 Å². The summed E-state index contributed by atoms with van der Waals surface area (Å²) in [7, 11) is 0. The SMILES string of the molecule is Cc1noc(C)c1-c1ccc2c(n1)CC=C2c1nc(N[C@H]2CCC[C@@H]2CCCF)ncc1C(F)(F)F. The third kappa shape index (κ3) is 4.60. The van der Waals surface area contributed by atoms with E-state index in [0.717, 1.165) is 37.4 Å². The number of rotatable bonds is 7. The van der Waals surface area contributed by atoms with Crippen LogP contribution in [-0.4, -0.2) is 32.8 Å². The van der Waals surface area contributed by atoms with E-state index in [-0.39, 0.29) is 30.3 Å². The molecule has 3 aromatic rings. The first-order valence-electron chi connectivity index (χ1n) is 12.2. The van der Waals surface area contributed by atoms with E-state index in [0.29, 0.717) is 46.8 Å². The molecule has 10 heteroatoms. The molecule has 0 saturated heterocycles. The van der Waals surface area contributed by atoms with Crippen molar-refractivity contribution >= 4 is 11.5 Å². The molecule has 36 heavy (non-hydrogen) atoms. The Morgan fingerprint density at radius 2 is 1.97 bits per heavy atom. The molecule has 0 bridgehead atoms. The number of hydrogen-bond acceptors (Lipinski definition) is 6. The molecule has 6 nitrogen and oxygen atoms in total. The van der Waals surface area contributed by atoms with Crippen LogP contribution in [0.2, 0.25) is 0 Å². The van der Waals surface area contributed by atoms with E-state index >= 15 is 0 Å². The normalized spacial score (nSPS) is 19.4. The summed E-state index contributed by atoms with van der Waals surface area (Å²) >= 11 is 0. The Morgan fingerprint density at radius 1 is 1.14 bits per heavy atom. The van der Waals surface area contributed by atoms with Gasteiger partial charge >= 0.3 is 6.18 Å². The zero-order chi connectivity index (χ0) is 25.4. The molecule has 2 atom stereocenters. The molecule has 1 fully saturated rings. The molecule has 0 aromatic carbocycles. The minimum Gasteiger partial charge on any atom is -0.361 e. The summed E-state index contributed by atoms with van der Waals surface area (Å²) in [4.78, 5) is 13.1. The van der Waals surface area contributed by atoms with Gasteiger partial charge in [0.05, 0.1) is 35.0 Å². The quantitative estimate of drug-likeness (QED) is 0.374. The highest BCUT2D eigenvalue weighted by molar-refractivity contribution is 5.85. The molecule has 0 aliphatic heterocycles. The van der Waals surface area contributed by atoms with Gasteiger partial charge in [-0.15, -0.1) is 0 Å². The second kappa shape index (κ2) is 9.63. The van der Waals surface area contributed by atoms with Crippen molar-refractivity contribution in [2.24, 2.45) is 5.92 Å². The maximum atomic E-state index is 14.0. The summed E-state index contributed by atoms with van der Waals surface area (Å²) in [5.41, 5.74) is 2.78. The average molecular weight is 502 g/mol. The molecule has 3 aromatic heterocycles. The lowest BCUT2D eigenvalue weighted by Gasteiger charge is -2.22. The summed E-state index contributed by atoms with van der Waals surface area (Å²) in [6.07, 6.45) is 2.38. The van der Waals surface area contributed by atoms with Crippen molar-refractivity contribution in [3.05, 3.63) is 58.4 Å². The fourth-order valence-electron chi connectivity index (χ4n) is 5.36. The van der Waals surface area contributed by atoms with Crippen LogP contribution in [0.15, 0.2) is 28.9 Å². The molecule has 5 rings (SSSR count). The molecular weight excluding hydrogens is 474 g/mol. The number of aromatic nitrogens is 4. The number of pyridine rings is 1. The monoisotopic (exact) mass is 501 g/mol. The largest absolute Gasteiger partial charge is 0.419 e. The number of anilines is 1. The van der Waals surface area contributed by atoms with Crippen molar-refractivity contribution in [2.75, 3.05) is 12.0 Å². The number of hydrogen-bond donors (Lipinski definition) is 1. The van der Waals surface area contributed by atoms with Gasteiger partial charge in [-0.2, -0.15) is 13.2 Å². The molecule has 190 valence electrons. The number of nitrogens with one attached hydrogen (secondary N) is 1. The summed E-state index contributed by atoms with van der Waals surface area (Å²) in [6.45, 7) is 3.25. The molecule has 1 saturated carbocycles. The first kappa shape index (κ1) is 24.4. The predicted octanol–water partition coefficient (Wildman–Crippen LogP) is 6.48. The van der Waals surface area contributed by atoms with E-state index in [9.17, 15) is 17.6 Å². The van der Waals surface area contributed by atoms with Crippen LogP contribution in [0.4, 0.5) is 23.5 Å². The van der Waals surface area contributed by atoms with Crippen LogP contribution in [0.5, 0.6) is 0 Å². The molecule has 0 unspecified atom stereocenters. The van der Waals surface area contributed by atoms with Gasteiger partial charge < -0.3 is 9.84 Å². The number of halogens is 4. The summed E-state index contributed by atoms with van der Waals surface area (Å²) in [5, 5.41) is 7.20. The Morgan fingerprint density at radius 3 is 2.69 bits per heavy atom. The lowest BCUT2D eigenvalue weighted by atomic mass is 9.98. The molecule has 1 N–H and O–H groups in total. The van der Waals surface area contributed by atoms with Crippen LogP contribution in [0.1, 0.15) is 66.1 Å².